The van der Waals surface area contributed by atoms with E-state index in [0.29, 0.717) is 6.42 Å². The van der Waals surface area contributed by atoms with E-state index in [9.17, 15) is 9.18 Å². The first kappa shape index (κ1) is 15.0. The molecular formula is C16H23FN2O. The van der Waals surface area contributed by atoms with Crippen molar-refractivity contribution in [2.24, 2.45) is 5.73 Å². The number of rotatable bonds is 1. The van der Waals surface area contributed by atoms with E-state index in [0.717, 1.165) is 18.4 Å². The summed E-state index contributed by atoms with van der Waals surface area (Å²) in [6.07, 6.45) is 2.08. The summed E-state index contributed by atoms with van der Waals surface area (Å²) in [5.41, 5.74) is 6.74. The van der Waals surface area contributed by atoms with E-state index in [4.69, 9.17) is 5.73 Å². The summed E-state index contributed by atoms with van der Waals surface area (Å²) in [7, 11) is 0. The molecule has 1 saturated heterocycles. The molecule has 20 heavy (non-hydrogen) atoms. The highest BCUT2D eigenvalue weighted by molar-refractivity contribution is 5.78. The van der Waals surface area contributed by atoms with Gasteiger partial charge in [-0.2, -0.15) is 0 Å². The SMILES string of the molecule is CC(C)(C)N1C(=O)CCCC(N)C1c1cccc(F)c1. The van der Waals surface area contributed by atoms with Gasteiger partial charge in [0.1, 0.15) is 5.82 Å². The van der Waals surface area contributed by atoms with Gasteiger partial charge in [0.05, 0.1) is 6.04 Å². The molecule has 0 radical (unpaired) electrons. The third-order valence-corrected chi connectivity index (χ3v) is 3.79. The van der Waals surface area contributed by atoms with Crippen molar-refractivity contribution < 1.29 is 9.18 Å². The molecule has 0 spiro atoms. The summed E-state index contributed by atoms with van der Waals surface area (Å²) in [5, 5.41) is 0. The number of carbonyl (C=O) groups is 1. The number of hydrogen-bond acceptors (Lipinski definition) is 2. The lowest BCUT2D eigenvalue weighted by Crippen LogP contribution is -2.51. The Morgan fingerprint density at radius 1 is 1.35 bits per heavy atom. The zero-order valence-corrected chi connectivity index (χ0v) is 12.4. The maximum atomic E-state index is 13.5. The Balaban J connectivity index is 2.49. The van der Waals surface area contributed by atoms with Gasteiger partial charge in [0, 0.05) is 18.0 Å². The maximum absolute atomic E-state index is 13.5. The number of nitrogens with zero attached hydrogens (tertiary/aromatic N) is 1. The van der Waals surface area contributed by atoms with Crippen molar-refractivity contribution in [1.82, 2.24) is 4.90 Å². The molecule has 2 unspecified atom stereocenters. The van der Waals surface area contributed by atoms with Crippen LogP contribution in [-0.2, 0) is 4.79 Å². The fraction of sp³-hybridized carbons (Fsp3) is 0.562. The Hall–Kier alpha value is -1.42. The molecule has 0 aliphatic carbocycles. The summed E-state index contributed by atoms with van der Waals surface area (Å²) < 4.78 is 13.5. The van der Waals surface area contributed by atoms with E-state index >= 15 is 0 Å². The van der Waals surface area contributed by atoms with Crippen molar-refractivity contribution in [1.29, 1.82) is 0 Å². The van der Waals surface area contributed by atoms with Crippen LogP contribution < -0.4 is 5.73 Å². The Bertz CT molecular complexity index is 495. The van der Waals surface area contributed by atoms with Crippen LogP contribution in [0.1, 0.15) is 51.6 Å². The fourth-order valence-electron chi connectivity index (χ4n) is 2.99. The predicted molar refractivity (Wildman–Crippen MR) is 77.6 cm³/mol. The van der Waals surface area contributed by atoms with Gasteiger partial charge < -0.3 is 10.6 Å². The van der Waals surface area contributed by atoms with Gasteiger partial charge in [-0.05, 0) is 51.3 Å². The molecule has 2 N–H and O–H groups in total. The van der Waals surface area contributed by atoms with Crippen LogP contribution in [0.15, 0.2) is 24.3 Å². The second-order valence-electron chi connectivity index (χ2n) is 6.49. The monoisotopic (exact) mass is 278 g/mol. The van der Waals surface area contributed by atoms with Gasteiger partial charge in [-0.1, -0.05) is 12.1 Å². The number of nitrogens with two attached hydrogens (primary N) is 1. The molecule has 0 aromatic heterocycles. The maximum Gasteiger partial charge on any atom is 0.223 e. The summed E-state index contributed by atoms with van der Waals surface area (Å²) in [4.78, 5) is 14.3. The molecule has 1 fully saturated rings. The first-order chi connectivity index (χ1) is 9.30. The molecule has 1 aliphatic heterocycles. The summed E-state index contributed by atoms with van der Waals surface area (Å²) in [6, 6.07) is 6.00. The van der Waals surface area contributed by atoms with E-state index in [1.165, 1.54) is 12.1 Å². The molecule has 1 heterocycles. The lowest BCUT2D eigenvalue weighted by molar-refractivity contribution is -0.139. The average Bonchev–Trinajstić information content (AvgIpc) is 2.47. The zero-order valence-electron chi connectivity index (χ0n) is 12.4. The second-order valence-corrected chi connectivity index (χ2v) is 6.49. The Labute approximate surface area is 120 Å². The highest BCUT2D eigenvalue weighted by Crippen LogP contribution is 2.35. The summed E-state index contributed by atoms with van der Waals surface area (Å²) in [6.45, 7) is 5.99. The van der Waals surface area contributed by atoms with Crippen molar-refractivity contribution in [2.75, 3.05) is 0 Å². The Kier molecular flexibility index (Phi) is 4.14. The highest BCUT2D eigenvalue weighted by Gasteiger charge is 2.38. The van der Waals surface area contributed by atoms with E-state index in [1.807, 2.05) is 31.7 Å². The van der Waals surface area contributed by atoms with Crippen molar-refractivity contribution >= 4 is 5.91 Å². The summed E-state index contributed by atoms with van der Waals surface area (Å²) in [5.74, 6) is -0.194. The van der Waals surface area contributed by atoms with Crippen LogP contribution in [0.4, 0.5) is 4.39 Å². The third-order valence-electron chi connectivity index (χ3n) is 3.79. The van der Waals surface area contributed by atoms with Gasteiger partial charge in [0.2, 0.25) is 5.91 Å². The third kappa shape index (κ3) is 3.01. The zero-order chi connectivity index (χ0) is 14.9. The molecule has 2 rings (SSSR count). The van der Waals surface area contributed by atoms with E-state index in [-0.39, 0.29) is 29.3 Å². The molecule has 1 amide bonds. The molecule has 4 heteroatoms. The van der Waals surface area contributed by atoms with Crippen LogP contribution in [0.3, 0.4) is 0 Å². The highest BCUT2D eigenvalue weighted by atomic mass is 19.1. The molecule has 0 bridgehead atoms. The van der Waals surface area contributed by atoms with Crippen LogP contribution in [0.5, 0.6) is 0 Å². The van der Waals surface area contributed by atoms with Crippen LogP contribution in [0, 0.1) is 5.82 Å². The Morgan fingerprint density at radius 3 is 2.65 bits per heavy atom. The largest absolute Gasteiger partial charge is 0.329 e. The minimum absolute atomic E-state index is 0.0970. The molecular weight excluding hydrogens is 255 g/mol. The van der Waals surface area contributed by atoms with Crippen molar-refractivity contribution in [3.8, 4) is 0 Å². The number of hydrogen-bond donors (Lipinski definition) is 1. The first-order valence-electron chi connectivity index (χ1n) is 7.14. The average molecular weight is 278 g/mol. The minimum atomic E-state index is -0.337. The number of amides is 1. The molecule has 1 aliphatic rings. The topological polar surface area (TPSA) is 46.3 Å². The smallest absolute Gasteiger partial charge is 0.223 e. The van der Waals surface area contributed by atoms with Gasteiger partial charge >= 0.3 is 0 Å². The fourth-order valence-corrected chi connectivity index (χ4v) is 2.99. The molecule has 3 nitrogen and oxygen atoms in total. The van der Waals surface area contributed by atoms with E-state index in [1.54, 1.807) is 6.07 Å². The van der Waals surface area contributed by atoms with Crippen molar-refractivity contribution in [2.45, 2.75) is 57.7 Å². The van der Waals surface area contributed by atoms with Gasteiger partial charge in [-0.3, -0.25) is 4.79 Å². The standard InChI is InChI=1S/C16H23FN2O/c1-16(2,3)19-14(20)9-5-8-13(18)15(19)11-6-4-7-12(17)10-11/h4,6-7,10,13,15H,5,8-9,18H2,1-3H3. The number of carbonyl (C=O) groups excluding carboxylic acids is 1. The molecule has 0 saturated carbocycles. The van der Waals surface area contributed by atoms with E-state index in [2.05, 4.69) is 0 Å². The van der Waals surface area contributed by atoms with Crippen LogP contribution in [0.25, 0.3) is 0 Å². The van der Waals surface area contributed by atoms with E-state index < -0.39 is 0 Å². The van der Waals surface area contributed by atoms with Gasteiger partial charge in [0.25, 0.3) is 0 Å². The number of likely N-dealkylation sites (tertiary alicyclic amines) is 1. The lowest BCUT2D eigenvalue weighted by Gasteiger charge is -2.43. The molecule has 1 aromatic carbocycles. The van der Waals surface area contributed by atoms with Gasteiger partial charge in [-0.25, -0.2) is 4.39 Å². The van der Waals surface area contributed by atoms with Crippen LogP contribution in [-0.4, -0.2) is 22.4 Å². The first-order valence-corrected chi connectivity index (χ1v) is 7.14. The van der Waals surface area contributed by atoms with Gasteiger partial charge in [-0.15, -0.1) is 0 Å². The molecule has 2 atom stereocenters. The summed E-state index contributed by atoms with van der Waals surface area (Å²) >= 11 is 0. The number of benzene rings is 1. The Morgan fingerprint density at radius 2 is 2.05 bits per heavy atom. The predicted octanol–water partition coefficient (Wildman–Crippen LogP) is 3.01. The second kappa shape index (κ2) is 5.52. The van der Waals surface area contributed by atoms with Crippen LogP contribution in [0.2, 0.25) is 0 Å². The molecule has 1 aromatic rings. The quantitative estimate of drug-likeness (QED) is 0.858. The number of halogens is 1. The minimum Gasteiger partial charge on any atom is -0.329 e. The normalized spacial score (nSPS) is 24.6. The van der Waals surface area contributed by atoms with Crippen molar-refractivity contribution in [3.63, 3.8) is 0 Å². The van der Waals surface area contributed by atoms with Gasteiger partial charge in [0.15, 0.2) is 0 Å². The lowest BCUT2D eigenvalue weighted by atomic mass is 9.92. The van der Waals surface area contributed by atoms with Crippen molar-refractivity contribution in [3.05, 3.63) is 35.6 Å². The van der Waals surface area contributed by atoms with Crippen LogP contribution >= 0.6 is 0 Å². The molecule has 110 valence electrons.